The Hall–Kier alpha value is -2.62. The molecule has 9 nitrogen and oxygen atoms in total. The number of nitrogens with one attached hydrogen (secondary N) is 2. The van der Waals surface area contributed by atoms with Crippen LogP contribution >= 0.6 is 0 Å². The van der Waals surface area contributed by atoms with Gasteiger partial charge in [0.2, 0.25) is 5.88 Å². The average Bonchev–Trinajstić information content (AvgIpc) is 3.44. The van der Waals surface area contributed by atoms with E-state index < -0.39 is 16.1 Å². The highest BCUT2D eigenvalue weighted by Crippen LogP contribution is 2.36. The number of carbonyl (C=O) groups excluding carboxylic acids is 1. The second kappa shape index (κ2) is 7.26. The van der Waals surface area contributed by atoms with E-state index in [4.69, 9.17) is 4.74 Å². The molecule has 3 aliphatic rings. The summed E-state index contributed by atoms with van der Waals surface area (Å²) in [5.41, 5.74) is 4.69. The van der Waals surface area contributed by atoms with E-state index in [1.54, 1.807) is 4.68 Å². The molecule has 2 aliphatic carbocycles. The predicted octanol–water partition coefficient (Wildman–Crippen LogP) is 2.18. The number of pyridine rings is 1. The molecule has 0 aromatic carbocycles. The van der Waals surface area contributed by atoms with Gasteiger partial charge in [0.15, 0.2) is 4.90 Å². The van der Waals surface area contributed by atoms with Crippen LogP contribution in [0.2, 0.25) is 0 Å². The van der Waals surface area contributed by atoms with Crippen LogP contribution in [0.1, 0.15) is 48.6 Å². The van der Waals surface area contributed by atoms with E-state index in [0.717, 1.165) is 56.2 Å². The standard InChI is InChI=1S/C20H25N5O4S/c1-2-12-10-25-19(29-11-12)17(9-21-25)30(27,28)24-20(26)23-18-15-7-3-5-13(15)14-6-4-8-16(14)22-18/h9,12H,2-8,10-11H2,1H3,(H2,22,23,24,26). The number of hydrogen-bond donors (Lipinski definition) is 2. The number of hydrogen-bond acceptors (Lipinski definition) is 6. The number of aryl methyl sites for hydroxylation is 1. The van der Waals surface area contributed by atoms with Gasteiger partial charge in [-0.1, -0.05) is 6.92 Å². The van der Waals surface area contributed by atoms with Gasteiger partial charge < -0.3 is 4.74 Å². The van der Waals surface area contributed by atoms with Crippen LogP contribution in [0, 0.1) is 5.92 Å². The highest BCUT2D eigenvalue weighted by atomic mass is 32.2. The Morgan fingerprint density at radius 3 is 2.80 bits per heavy atom. The van der Waals surface area contributed by atoms with Gasteiger partial charge in [0.05, 0.1) is 19.3 Å². The van der Waals surface area contributed by atoms with Crippen LogP contribution in [0.5, 0.6) is 5.88 Å². The zero-order valence-electron chi connectivity index (χ0n) is 16.9. The zero-order chi connectivity index (χ0) is 20.9. The number of aromatic nitrogens is 3. The van der Waals surface area contributed by atoms with Crippen molar-refractivity contribution in [1.82, 2.24) is 19.5 Å². The molecule has 30 heavy (non-hydrogen) atoms. The molecule has 2 amide bonds. The molecule has 1 unspecified atom stereocenters. The molecule has 160 valence electrons. The van der Waals surface area contributed by atoms with Gasteiger partial charge in [-0.05, 0) is 61.6 Å². The fourth-order valence-electron chi connectivity index (χ4n) is 4.69. The minimum Gasteiger partial charge on any atom is -0.476 e. The maximum atomic E-state index is 12.8. The van der Waals surface area contributed by atoms with E-state index in [9.17, 15) is 13.2 Å². The number of anilines is 1. The molecule has 0 fully saturated rings. The minimum atomic E-state index is -4.13. The molecular formula is C20H25N5O4S. The number of ether oxygens (including phenoxy) is 1. The summed E-state index contributed by atoms with van der Waals surface area (Å²) in [5, 5.41) is 6.81. The van der Waals surface area contributed by atoms with Crippen LogP contribution in [0.3, 0.4) is 0 Å². The molecule has 3 heterocycles. The fourth-order valence-corrected chi connectivity index (χ4v) is 5.67. The predicted molar refractivity (Wildman–Crippen MR) is 109 cm³/mol. The minimum absolute atomic E-state index is 0.126. The monoisotopic (exact) mass is 431 g/mol. The fraction of sp³-hybridized carbons (Fsp3) is 0.550. The Labute approximate surface area is 175 Å². The summed E-state index contributed by atoms with van der Waals surface area (Å²) in [6, 6.07) is -0.822. The SMILES string of the molecule is CCC1COc2c(S(=O)(=O)NC(=O)Nc3nc4c(c5c3CCC5)CCC4)cnn2C1. The lowest BCUT2D eigenvalue weighted by Gasteiger charge is -2.23. The van der Waals surface area contributed by atoms with Crippen molar-refractivity contribution >= 4 is 21.9 Å². The zero-order valence-corrected chi connectivity index (χ0v) is 17.7. The van der Waals surface area contributed by atoms with Gasteiger partial charge in [0.25, 0.3) is 10.0 Å². The van der Waals surface area contributed by atoms with Crippen molar-refractivity contribution in [2.75, 3.05) is 11.9 Å². The maximum Gasteiger partial charge on any atom is 0.334 e. The van der Waals surface area contributed by atoms with Crippen molar-refractivity contribution in [2.45, 2.75) is 63.3 Å². The molecule has 0 bridgehead atoms. The van der Waals surface area contributed by atoms with E-state index in [-0.39, 0.29) is 16.7 Å². The summed E-state index contributed by atoms with van der Waals surface area (Å²) >= 11 is 0. The second-order valence-electron chi connectivity index (χ2n) is 8.19. The number of carbonyl (C=O) groups is 1. The molecule has 0 radical (unpaired) electrons. The third-order valence-electron chi connectivity index (χ3n) is 6.28. The Morgan fingerprint density at radius 2 is 1.97 bits per heavy atom. The van der Waals surface area contributed by atoms with Crippen molar-refractivity contribution in [3.05, 3.63) is 28.6 Å². The van der Waals surface area contributed by atoms with Crippen LogP contribution < -0.4 is 14.8 Å². The summed E-state index contributed by atoms with van der Waals surface area (Å²) in [6.07, 6.45) is 8.03. The van der Waals surface area contributed by atoms with Gasteiger partial charge in [0.1, 0.15) is 5.82 Å². The first-order valence-corrected chi connectivity index (χ1v) is 12.0. The molecule has 0 spiro atoms. The van der Waals surface area contributed by atoms with Crippen molar-refractivity contribution in [3.63, 3.8) is 0 Å². The summed E-state index contributed by atoms with van der Waals surface area (Å²) in [5.74, 6) is 0.948. The Morgan fingerprint density at radius 1 is 1.20 bits per heavy atom. The lowest BCUT2D eigenvalue weighted by molar-refractivity contribution is 0.157. The van der Waals surface area contributed by atoms with Gasteiger partial charge in [0, 0.05) is 11.6 Å². The van der Waals surface area contributed by atoms with Gasteiger partial charge in [-0.25, -0.2) is 27.6 Å². The normalized spacial score (nSPS) is 19.6. The highest BCUT2D eigenvalue weighted by Gasteiger charge is 2.31. The molecule has 1 atom stereocenters. The molecule has 2 aromatic rings. The molecule has 2 N–H and O–H groups in total. The van der Waals surface area contributed by atoms with Crippen LogP contribution in [0.15, 0.2) is 11.1 Å². The number of fused-ring (bicyclic) bond motifs is 4. The third-order valence-corrected chi connectivity index (χ3v) is 7.59. The molecule has 5 rings (SSSR count). The highest BCUT2D eigenvalue weighted by molar-refractivity contribution is 7.90. The van der Waals surface area contributed by atoms with Gasteiger partial charge >= 0.3 is 6.03 Å². The summed E-state index contributed by atoms with van der Waals surface area (Å²) in [6.45, 7) is 3.08. The van der Waals surface area contributed by atoms with Crippen molar-refractivity contribution < 1.29 is 17.9 Å². The molecule has 0 saturated heterocycles. The van der Waals surface area contributed by atoms with Crippen LogP contribution in [0.25, 0.3) is 0 Å². The average molecular weight is 432 g/mol. The topological polar surface area (TPSA) is 115 Å². The molecule has 2 aromatic heterocycles. The van der Waals surface area contributed by atoms with E-state index in [0.29, 0.717) is 19.0 Å². The molecular weight excluding hydrogens is 406 g/mol. The molecule has 1 aliphatic heterocycles. The third kappa shape index (κ3) is 3.23. The number of rotatable bonds is 4. The Kier molecular flexibility index (Phi) is 4.68. The molecule has 10 heteroatoms. The van der Waals surface area contributed by atoms with Crippen LogP contribution in [-0.4, -0.2) is 35.8 Å². The lowest BCUT2D eigenvalue weighted by atomic mass is 10.0. The van der Waals surface area contributed by atoms with Crippen molar-refractivity contribution in [2.24, 2.45) is 5.92 Å². The quantitative estimate of drug-likeness (QED) is 0.767. The van der Waals surface area contributed by atoms with Crippen LogP contribution in [0.4, 0.5) is 10.6 Å². The van der Waals surface area contributed by atoms with E-state index in [1.807, 2.05) is 0 Å². The summed E-state index contributed by atoms with van der Waals surface area (Å²) < 4.78 is 34.9. The maximum absolute atomic E-state index is 12.8. The van der Waals surface area contributed by atoms with Crippen molar-refractivity contribution in [1.29, 1.82) is 0 Å². The lowest BCUT2D eigenvalue weighted by Crippen LogP contribution is -2.35. The van der Waals surface area contributed by atoms with Gasteiger partial charge in [-0.2, -0.15) is 5.10 Å². The first kappa shape index (κ1) is 19.3. The van der Waals surface area contributed by atoms with E-state index in [1.165, 1.54) is 17.3 Å². The van der Waals surface area contributed by atoms with Crippen LogP contribution in [-0.2, 0) is 42.3 Å². The second-order valence-corrected chi connectivity index (χ2v) is 9.84. The van der Waals surface area contributed by atoms with Crippen molar-refractivity contribution in [3.8, 4) is 5.88 Å². The van der Waals surface area contributed by atoms with E-state index in [2.05, 4.69) is 27.0 Å². The van der Waals surface area contributed by atoms with Gasteiger partial charge in [-0.15, -0.1) is 0 Å². The smallest absolute Gasteiger partial charge is 0.334 e. The number of urea groups is 1. The summed E-state index contributed by atoms with van der Waals surface area (Å²) in [4.78, 5) is 17.1. The first-order chi connectivity index (χ1) is 14.5. The Bertz CT molecular complexity index is 1120. The first-order valence-electron chi connectivity index (χ1n) is 10.5. The van der Waals surface area contributed by atoms with E-state index >= 15 is 0 Å². The number of amides is 2. The number of nitrogens with zero attached hydrogens (tertiary/aromatic N) is 3. The summed E-state index contributed by atoms with van der Waals surface area (Å²) in [7, 11) is -4.13. The number of sulfonamides is 1. The molecule has 0 saturated carbocycles. The largest absolute Gasteiger partial charge is 0.476 e. The van der Waals surface area contributed by atoms with Gasteiger partial charge in [-0.3, -0.25) is 5.32 Å². The Balaban J connectivity index is 1.36.